The number of ether oxygens (including phenoxy) is 2. The van der Waals surface area contributed by atoms with Crippen LogP contribution in [-0.4, -0.2) is 124 Å². The lowest BCUT2D eigenvalue weighted by Crippen LogP contribution is -2.62. The van der Waals surface area contributed by atoms with Crippen LogP contribution in [-0.2, 0) is 35.4 Å². The Balaban J connectivity index is 0.944. The molecule has 10 atom stereocenters. The highest BCUT2D eigenvalue weighted by molar-refractivity contribution is 4.99. The third-order valence-electron chi connectivity index (χ3n) is 9.90. The number of nitrogens with two attached hydrogens (primary N) is 4. The highest BCUT2D eigenvalue weighted by Gasteiger charge is 2.42. The van der Waals surface area contributed by atoms with E-state index in [1.165, 1.54) is 32.1 Å². The molecule has 49 heavy (non-hydrogen) atoms. The van der Waals surface area contributed by atoms with Gasteiger partial charge in [0.1, 0.15) is 24.4 Å². The van der Waals surface area contributed by atoms with Gasteiger partial charge in [-0.2, -0.15) is 0 Å². The van der Waals surface area contributed by atoms with Gasteiger partial charge >= 0.3 is 0 Å². The third-order valence-corrected chi connectivity index (χ3v) is 9.90. The molecular weight excluding hydrogens is 632 g/mol. The number of hydrogen-bond donors (Lipinski definition) is 8. The number of unbranched alkanes of at least 4 members (excludes halogenated alkanes) is 8. The molecule has 0 amide bonds. The van der Waals surface area contributed by atoms with Gasteiger partial charge in [-0.1, -0.05) is 42.5 Å². The quantitative estimate of drug-likeness (QED) is 0.0707. The summed E-state index contributed by atoms with van der Waals surface area (Å²) < 4.78 is 15.4. The molecule has 2 fully saturated rings. The molecular formula is C33H62N10O6. The first-order valence-electron chi connectivity index (χ1n) is 18.4. The summed E-state index contributed by atoms with van der Waals surface area (Å²) >= 11 is 0. The average molecular weight is 695 g/mol. The molecule has 0 radical (unpaired) electrons. The van der Waals surface area contributed by atoms with Crippen molar-refractivity contribution in [3.63, 3.8) is 0 Å². The van der Waals surface area contributed by atoms with Crippen molar-refractivity contribution < 1.29 is 29.9 Å². The molecule has 0 bridgehead atoms. The monoisotopic (exact) mass is 694 g/mol. The number of nitrogens with zero attached hydrogens (tertiary/aromatic N) is 6. The summed E-state index contributed by atoms with van der Waals surface area (Å²) in [7, 11) is 0. The second-order valence-electron chi connectivity index (χ2n) is 14.1. The molecule has 4 rings (SSSR count). The Morgan fingerprint density at radius 2 is 0.918 bits per heavy atom. The van der Waals surface area contributed by atoms with E-state index in [1.807, 2.05) is 21.8 Å². The normalized spacial score (nSPS) is 30.6. The van der Waals surface area contributed by atoms with Crippen LogP contribution in [0.2, 0.25) is 0 Å². The highest BCUT2D eigenvalue weighted by Crippen LogP contribution is 2.22. The summed E-state index contributed by atoms with van der Waals surface area (Å²) in [5.74, 6) is 0. The number of aliphatic hydroxyl groups is 4. The van der Waals surface area contributed by atoms with Crippen molar-refractivity contribution in [3.8, 4) is 0 Å². The molecule has 2 aromatic rings. The Kier molecular flexibility index (Phi) is 16.7. The average Bonchev–Trinajstić information content (AvgIpc) is 3.73. The van der Waals surface area contributed by atoms with Crippen molar-refractivity contribution in [2.45, 2.75) is 170 Å². The molecule has 2 heterocycles. The number of hydrogen-bond acceptors (Lipinski definition) is 14. The minimum Gasteiger partial charge on any atom is -0.389 e. The first-order chi connectivity index (χ1) is 23.6. The Labute approximate surface area is 289 Å². The van der Waals surface area contributed by atoms with Crippen LogP contribution in [0.5, 0.6) is 0 Å². The van der Waals surface area contributed by atoms with Crippen molar-refractivity contribution in [3.05, 3.63) is 23.8 Å². The Hall–Kier alpha value is -2.12. The van der Waals surface area contributed by atoms with E-state index in [4.69, 9.17) is 32.4 Å². The zero-order chi connectivity index (χ0) is 35.2. The van der Waals surface area contributed by atoms with Crippen LogP contribution >= 0.6 is 0 Å². The summed E-state index contributed by atoms with van der Waals surface area (Å²) in [5.41, 5.74) is 25.7. The minimum atomic E-state index is -1.06. The van der Waals surface area contributed by atoms with Crippen molar-refractivity contribution in [1.29, 1.82) is 0 Å². The molecule has 2 aliphatic rings. The van der Waals surface area contributed by atoms with Gasteiger partial charge in [0, 0.05) is 62.9 Å². The van der Waals surface area contributed by atoms with E-state index in [0.717, 1.165) is 75.8 Å². The molecule has 12 N–H and O–H groups in total. The van der Waals surface area contributed by atoms with E-state index in [-0.39, 0.29) is 12.1 Å². The van der Waals surface area contributed by atoms with Gasteiger partial charge in [-0.15, -0.1) is 10.2 Å². The molecule has 0 spiro atoms. The van der Waals surface area contributed by atoms with Gasteiger partial charge in [-0.05, 0) is 64.2 Å². The first-order valence-corrected chi connectivity index (χ1v) is 18.4. The zero-order valence-corrected chi connectivity index (χ0v) is 29.0. The van der Waals surface area contributed by atoms with E-state index in [1.54, 1.807) is 0 Å². The molecule has 280 valence electrons. The van der Waals surface area contributed by atoms with Gasteiger partial charge in [0.25, 0.3) is 0 Å². The van der Waals surface area contributed by atoms with Crippen LogP contribution in [0.1, 0.15) is 94.9 Å². The summed E-state index contributed by atoms with van der Waals surface area (Å²) in [6, 6.07) is -1.81. The van der Waals surface area contributed by atoms with Crippen LogP contribution in [0.15, 0.2) is 12.4 Å². The van der Waals surface area contributed by atoms with E-state index in [0.29, 0.717) is 26.1 Å². The fraction of sp³-hybridized carbons (Fsp3) is 0.879. The van der Waals surface area contributed by atoms with Gasteiger partial charge in [0.15, 0.2) is 0 Å². The van der Waals surface area contributed by atoms with Crippen LogP contribution < -0.4 is 22.9 Å². The van der Waals surface area contributed by atoms with Crippen molar-refractivity contribution >= 4 is 0 Å². The minimum absolute atomic E-state index is 0.381. The fourth-order valence-electron chi connectivity index (χ4n) is 6.83. The standard InChI is InChI=1S/C33H62N10O6/c34-24-18-26(36)32(30(46)28(24)44)48-16-10-6-12-22-20-42(40-38-22)14-8-4-2-1-3-5-9-15-43-21-23(39-41-43)13-7-11-17-49-33-27(37)19-25(35)29(45)31(33)47/h20-21,24-33,44-47H,1-19,34-37H2/t24-,25-,26+,27+,28+,29+,30-,31-,32-,33-/m1/s1. The maximum Gasteiger partial charge on any atom is 0.109 e. The SMILES string of the molecule is N[C@@H]1C[C@H](N)[C@@H](OCCCCc2cn(CCCCCCCCCn3cc(CCCCO[C@H]4[C@H](O)[C@@H](O)[C@H](N)C[C@@H]4N)nn3)nn2)[C@H](O)[C@H]1O. The zero-order valence-electron chi connectivity index (χ0n) is 29.0. The molecule has 16 heteroatoms. The van der Waals surface area contributed by atoms with Crippen molar-refractivity contribution in [2.24, 2.45) is 22.9 Å². The molecule has 2 saturated carbocycles. The summed E-state index contributed by atoms with van der Waals surface area (Å²) in [6.07, 6.45) is 12.7. The predicted molar refractivity (Wildman–Crippen MR) is 183 cm³/mol. The second kappa shape index (κ2) is 20.7. The van der Waals surface area contributed by atoms with E-state index >= 15 is 0 Å². The molecule has 0 unspecified atom stereocenters. The number of aromatic nitrogens is 6. The largest absolute Gasteiger partial charge is 0.389 e. The van der Waals surface area contributed by atoms with Gasteiger partial charge in [-0.3, -0.25) is 9.36 Å². The van der Waals surface area contributed by atoms with E-state index in [9.17, 15) is 20.4 Å². The Bertz CT molecular complexity index is 1100. The lowest BCUT2D eigenvalue weighted by molar-refractivity contribution is -0.127. The topological polar surface area (TPSA) is 265 Å². The lowest BCUT2D eigenvalue weighted by atomic mass is 9.85. The van der Waals surface area contributed by atoms with Crippen LogP contribution in [0.3, 0.4) is 0 Å². The van der Waals surface area contributed by atoms with Crippen LogP contribution in [0, 0.1) is 0 Å². The fourth-order valence-corrected chi connectivity index (χ4v) is 6.83. The lowest BCUT2D eigenvalue weighted by Gasteiger charge is -2.39. The van der Waals surface area contributed by atoms with Gasteiger partial charge in [0.2, 0.25) is 0 Å². The van der Waals surface area contributed by atoms with Gasteiger partial charge < -0.3 is 52.8 Å². The Morgan fingerprint density at radius 3 is 1.33 bits per heavy atom. The maximum absolute atomic E-state index is 10.2. The van der Waals surface area contributed by atoms with Gasteiger partial charge in [-0.25, -0.2) is 0 Å². The molecule has 0 saturated heterocycles. The van der Waals surface area contributed by atoms with E-state index < -0.39 is 48.7 Å². The summed E-state index contributed by atoms with van der Waals surface area (Å²) in [4.78, 5) is 0. The molecule has 2 aliphatic carbocycles. The summed E-state index contributed by atoms with van der Waals surface area (Å²) in [6.45, 7) is 2.66. The van der Waals surface area contributed by atoms with Crippen molar-refractivity contribution in [1.82, 2.24) is 30.0 Å². The number of aliphatic hydroxyl groups excluding tert-OH is 4. The van der Waals surface area contributed by atoms with Crippen molar-refractivity contribution in [2.75, 3.05) is 13.2 Å². The van der Waals surface area contributed by atoms with Gasteiger partial charge in [0.05, 0.1) is 23.6 Å². The molecule has 2 aromatic heterocycles. The maximum atomic E-state index is 10.2. The third kappa shape index (κ3) is 12.6. The van der Waals surface area contributed by atoms with Crippen LogP contribution in [0.4, 0.5) is 0 Å². The Morgan fingerprint density at radius 1 is 0.531 bits per heavy atom. The number of aryl methyl sites for hydroxylation is 4. The smallest absolute Gasteiger partial charge is 0.109 e. The van der Waals surface area contributed by atoms with Crippen LogP contribution in [0.25, 0.3) is 0 Å². The molecule has 0 aliphatic heterocycles. The predicted octanol–water partition coefficient (Wildman–Crippen LogP) is -0.723. The number of rotatable bonds is 22. The second-order valence-corrected chi connectivity index (χ2v) is 14.1. The summed E-state index contributed by atoms with van der Waals surface area (Å²) in [5, 5.41) is 57.5. The molecule has 0 aromatic carbocycles. The molecule has 16 nitrogen and oxygen atoms in total. The van der Waals surface area contributed by atoms with E-state index in [2.05, 4.69) is 20.6 Å². The first kappa shape index (κ1) is 39.7. The highest BCUT2D eigenvalue weighted by atomic mass is 16.5.